The zero-order valence-electron chi connectivity index (χ0n) is 15.9. The number of likely N-dealkylation sites (N-methyl/N-ethyl adjacent to an activating group) is 1. The van der Waals surface area contributed by atoms with Crippen LogP contribution >= 0.6 is 0 Å². The molecule has 1 atom stereocenters. The number of aromatic nitrogens is 2. The monoisotopic (exact) mass is 362 g/mol. The molecule has 144 valence electrons. The lowest BCUT2D eigenvalue weighted by molar-refractivity contribution is -0.132. The second-order valence-corrected chi connectivity index (χ2v) is 7.44. The van der Waals surface area contributed by atoms with E-state index in [1.54, 1.807) is 0 Å². The first-order valence-electron chi connectivity index (χ1n) is 9.49. The minimum absolute atomic E-state index is 0.213. The fourth-order valence-corrected chi connectivity index (χ4v) is 3.63. The van der Waals surface area contributed by atoms with E-state index >= 15 is 0 Å². The van der Waals surface area contributed by atoms with Crippen LogP contribution in [0.4, 0.5) is 0 Å². The number of hydrogen-bond donors (Lipinski definition) is 1. The molecule has 2 N–H and O–H groups in total. The minimum Gasteiger partial charge on any atom is -0.368 e. The summed E-state index contributed by atoms with van der Waals surface area (Å²) < 4.78 is 2.02. The predicted molar refractivity (Wildman–Crippen MR) is 98.3 cm³/mol. The van der Waals surface area contributed by atoms with Crippen molar-refractivity contribution in [2.75, 3.05) is 39.8 Å². The first-order chi connectivity index (χ1) is 12.4. The molecule has 2 aliphatic rings. The summed E-state index contributed by atoms with van der Waals surface area (Å²) in [6.07, 6.45) is 2.10. The zero-order chi connectivity index (χ0) is 18.7. The first kappa shape index (κ1) is 18.8. The Morgan fingerprint density at radius 3 is 2.62 bits per heavy atom. The van der Waals surface area contributed by atoms with Gasteiger partial charge in [-0.1, -0.05) is 0 Å². The van der Waals surface area contributed by atoms with Crippen molar-refractivity contribution in [2.24, 2.45) is 5.73 Å². The van der Waals surface area contributed by atoms with E-state index in [1.807, 2.05) is 16.5 Å². The number of fused-ring (bicyclic) bond motifs is 1. The molecule has 3 heterocycles. The van der Waals surface area contributed by atoms with Crippen LogP contribution in [-0.2, 0) is 29.1 Å². The maximum atomic E-state index is 12.4. The Balaban J connectivity index is 1.57. The molecule has 0 spiro atoms. The second kappa shape index (κ2) is 8.18. The standard InChI is InChI=1S/C18H30N6O2/c1-14(18(19)26)23-6-3-7-24-16(13-23)12-15(20-24)4-5-17(25)22-10-8-21(2)9-11-22/h12,14H,3-11,13H2,1-2H3,(H2,19,26). The van der Waals surface area contributed by atoms with Crippen LogP contribution in [0.3, 0.4) is 0 Å². The fraction of sp³-hybridized carbons (Fsp3) is 0.722. The van der Waals surface area contributed by atoms with Crippen molar-refractivity contribution in [3.05, 3.63) is 17.5 Å². The van der Waals surface area contributed by atoms with Gasteiger partial charge < -0.3 is 15.5 Å². The van der Waals surface area contributed by atoms with Crippen LogP contribution in [-0.4, -0.2) is 82.1 Å². The second-order valence-electron chi connectivity index (χ2n) is 7.44. The van der Waals surface area contributed by atoms with Gasteiger partial charge in [0.2, 0.25) is 11.8 Å². The Morgan fingerprint density at radius 1 is 1.19 bits per heavy atom. The number of carbonyl (C=O) groups excluding carboxylic acids is 2. The Labute approximate surface area is 154 Å². The maximum Gasteiger partial charge on any atom is 0.234 e. The third kappa shape index (κ3) is 4.42. The molecular formula is C18H30N6O2. The molecule has 2 aliphatic heterocycles. The molecule has 0 bridgehead atoms. The van der Waals surface area contributed by atoms with Crippen LogP contribution in [0, 0.1) is 0 Å². The number of carbonyl (C=O) groups is 2. The van der Waals surface area contributed by atoms with Gasteiger partial charge in [-0.3, -0.25) is 19.2 Å². The van der Waals surface area contributed by atoms with E-state index in [2.05, 4.69) is 28.0 Å². The topological polar surface area (TPSA) is 87.7 Å². The van der Waals surface area contributed by atoms with Crippen molar-refractivity contribution in [1.82, 2.24) is 24.5 Å². The SMILES string of the molecule is CC(C(N)=O)N1CCCn2nc(CCC(=O)N3CCN(C)CC3)cc2C1. The number of aryl methyl sites for hydroxylation is 2. The van der Waals surface area contributed by atoms with Crippen LogP contribution < -0.4 is 5.73 Å². The zero-order valence-corrected chi connectivity index (χ0v) is 15.9. The van der Waals surface area contributed by atoms with Crippen LogP contribution in [0.15, 0.2) is 6.07 Å². The molecule has 3 rings (SSSR count). The Kier molecular flexibility index (Phi) is 5.93. The van der Waals surface area contributed by atoms with E-state index in [0.717, 1.165) is 57.1 Å². The Bertz CT molecular complexity index is 650. The molecule has 1 aromatic rings. The average molecular weight is 362 g/mol. The van der Waals surface area contributed by atoms with Crippen molar-refractivity contribution < 1.29 is 9.59 Å². The predicted octanol–water partition coefficient (Wildman–Crippen LogP) is -0.331. The van der Waals surface area contributed by atoms with Gasteiger partial charge >= 0.3 is 0 Å². The van der Waals surface area contributed by atoms with E-state index in [4.69, 9.17) is 5.73 Å². The summed E-state index contributed by atoms with van der Waals surface area (Å²) in [5.41, 5.74) is 7.51. The van der Waals surface area contributed by atoms with E-state index in [-0.39, 0.29) is 17.9 Å². The van der Waals surface area contributed by atoms with Gasteiger partial charge in [-0.2, -0.15) is 5.10 Å². The summed E-state index contributed by atoms with van der Waals surface area (Å²) in [5, 5.41) is 4.67. The number of rotatable bonds is 5. The highest BCUT2D eigenvalue weighted by atomic mass is 16.2. The number of nitrogens with two attached hydrogens (primary N) is 1. The fourth-order valence-electron chi connectivity index (χ4n) is 3.63. The Hall–Kier alpha value is -1.93. The normalized spacial score (nSPS) is 20.5. The van der Waals surface area contributed by atoms with Crippen molar-refractivity contribution in [2.45, 2.75) is 45.3 Å². The van der Waals surface area contributed by atoms with Crippen molar-refractivity contribution >= 4 is 11.8 Å². The number of nitrogens with zero attached hydrogens (tertiary/aromatic N) is 5. The van der Waals surface area contributed by atoms with Crippen molar-refractivity contribution in [3.8, 4) is 0 Å². The molecule has 1 fully saturated rings. The van der Waals surface area contributed by atoms with Gasteiger partial charge in [-0.05, 0) is 26.5 Å². The molecule has 8 heteroatoms. The van der Waals surface area contributed by atoms with Gasteiger partial charge in [-0.25, -0.2) is 0 Å². The van der Waals surface area contributed by atoms with E-state index in [1.165, 1.54) is 0 Å². The highest BCUT2D eigenvalue weighted by Crippen LogP contribution is 2.17. The lowest BCUT2D eigenvalue weighted by atomic mass is 10.2. The van der Waals surface area contributed by atoms with Gasteiger partial charge in [0, 0.05) is 58.7 Å². The minimum atomic E-state index is -0.295. The Morgan fingerprint density at radius 2 is 1.92 bits per heavy atom. The van der Waals surface area contributed by atoms with E-state index in [9.17, 15) is 9.59 Å². The number of piperazine rings is 1. The maximum absolute atomic E-state index is 12.4. The largest absolute Gasteiger partial charge is 0.368 e. The molecule has 1 unspecified atom stereocenters. The average Bonchev–Trinajstić information content (AvgIpc) is 2.89. The molecule has 8 nitrogen and oxygen atoms in total. The molecule has 0 aliphatic carbocycles. The summed E-state index contributed by atoms with van der Waals surface area (Å²) in [6, 6.07) is 1.79. The molecular weight excluding hydrogens is 332 g/mol. The van der Waals surface area contributed by atoms with Gasteiger partial charge in [-0.15, -0.1) is 0 Å². The van der Waals surface area contributed by atoms with Crippen molar-refractivity contribution in [1.29, 1.82) is 0 Å². The molecule has 0 aromatic carbocycles. The summed E-state index contributed by atoms with van der Waals surface area (Å²) in [6.45, 7) is 7.71. The van der Waals surface area contributed by atoms with E-state index in [0.29, 0.717) is 19.4 Å². The van der Waals surface area contributed by atoms with Crippen LogP contribution in [0.2, 0.25) is 0 Å². The van der Waals surface area contributed by atoms with Gasteiger partial charge in [0.25, 0.3) is 0 Å². The van der Waals surface area contributed by atoms with Crippen molar-refractivity contribution in [3.63, 3.8) is 0 Å². The summed E-state index contributed by atoms with van der Waals surface area (Å²) in [7, 11) is 2.09. The quantitative estimate of drug-likeness (QED) is 0.775. The summed E-state index contributed by atoms with van der Waals surface area (Å²) in [5.74, 6) is -0.0822. The van der Waals surface area contributed by atoms with Crippen LogP contribution in [0.1, 0.15) is 31.2 Å². The van der Waals surface area contributed by atoms with Gasteiger partial charge in [0.05, 0.1) is 17.4 Å². The first-order valence-corrected chi connectivity index (χ1v) is 9.49. The lowest BCUT2D eigenvalue weighted by Crippen LogP contribution is -2.47. The van der Waals surface area contributed by atoms with Crippen LogP contribution in [0.25, 0.3) is 0 Å². The third-order valence-corrected chi connectivity index (χ3v) is 5.50. The molecule has 0 saturated carbocycles. The third-order valence-electron chi connectivity index (χ3n) is 5.50. The number of hydrogen-bond acceptors (Lipinski definition) is 5. The molecule has 0 radical (unpaired) electrons. The molecule has 26 heavy (non-hydrogen) atoms. The number of primary amides is 1. The smallest absolute Gasteiger partial charge is 0.234 e. The van der Waals surface area contributed by atoms with Crippen LogP contribution in [0.5, 0.6) is 0 Å². The molecule has 1 saturated heterocycles. The summed E-state index contributed by atoms with van der Waals surface area (Å²) in [4.78, 5) is 30.2. The molecule has 2 amide bonds. The lowest BCUT2D eigenvalue weighted by Gasteiger charge is -2.32. The summed E-state index contributed by atoms with van der Waals surface area (Å²) >= 11 is 0. The highest BCUT2D eigenvalue weighted by Gasteiger charge is 2.24. The number of amides is 2. The highest BCUT2D eigenvalue weighted by molar-refractivity contribution is 5.79. The van der Waals surface area contributed by atoms with Gasteiger partial charge in [0.1, 0.15) is 0 Å². The molecule has 1 aromatic heterocycles. The van der Waals surface area contributed by atoms with E-state index < -0.39 is 0 Å². The van der Waals surface area contributed by atoms with Gasteiger partial charge in [0.15, 0.2) is 0 Å².